The van der Waals surface area contributed by atoms with Gasteiger partial charge in [0.25, 0.3) is 0 Å². The van der Waals surface area contributed by atoms with Gasteiger partial charge in [0.1, 0.15) is 9.09 Å². The number of rotatable bonds is 2. The van der Waals surface area contributed by atoms with Gasteiger partial charge in [0, 0.05) is 9.40 Å². The van der Waals surface area contributed by atoms with Crippen molar-refractivity contribution in [1.29, 1.82) is 0 Å². The van der Waals surface area contributed by atoms with Crippen LogP contribution in [-0.2, 0) is 10.0 Å². The fourth-order valence-corrected chi connectivity index (χ4v) is 4.12. The number of hydrogen-bond donors (Lipinski definition) is 2. The molecule has 0 spiro atoms. The summed E-state index contributed by atoms with van der Waals surface area (Å²) in [6, 6.07) is 2.84. The molecular formula is C7H5NO4S3. The highest BCUT2D eigenvalue weighted by Crippen LogP contribution is 2.34. The second-order valence-electron chi connectivity index (χ2n) is 2.75. The first kappa shape index (κ1) is 10.6. The Balaban J connectivity index is 2.62. The van der Waals surface area contributed by atoms with Crippen molar-refractivity contribution in [3.05, 3.63) is 17.0 Å². The van der Waals surface area contributed by atoms with Crippen molar-refractivity contribution in [1.82, 2.24) is 0 Å². The number of carboxylic acids is 1. The molecule has 0 radical (unpaired) electrons. The molecule has 0 aliphatic heterocycles. The Morgan fingerprint density at radius 2 is 1.87 bits per heavy atom. The fraction of sp³-hybridized carbons (Fsp3) is 0. The molecular weight excluding hydrogens is 258 g/mol. The minimum Gasteiger partial charge on any atom is -0.477 e. The Kier molecular flexibility index (Phi) is 2.30. The monoisotopic (exact) mass is 263 g/mol. The van der Waals surface area contributed by atoms with E-state index in [0.29, 0.717) is 9.40 Å². The van der Waals surface area contributed by atoms with Crippen molar-refractivity contribution in [2.24, 2.45) is 5.14 Å². The van der Waals surface area contributed by atoms with Gasteiger partial charge in [0.15, 0.2) is 0 Å². The summed E-state index contributed by atoms with van der Waals surface area (Å²) >= 11 is 2.01. The van der Waals surface area contributed by atoms with Gasteiger partial charge in [-0.2, -0.15) is 0 Å². The summed E-state index contributed by atoms with van der Waals surface area (Å²) in [5.41, 5.74) is 0. The SMILES string of the molecule is NS(=O)(=O)c1cc2sc(C(=O)O)cc2s1. The maximum atomic E-state index is 11.0. The maximum absolute atomic E-state index is 11.0. The third-order valence-electron chi connectivity index (χ3n) is 1.68. The Bertz CT molecular complexity index is 605. The van der Waals surface area contributed by atoms with E-state index in [1.807, 2.05) is 0 Å². The van der Waals surface area contributed by atoms with Gasteiger partial charge in [-0.1, -0.05) is 0 Å². The summed E-state index contributed by atoms with van der Waals surface area (Å²) in [5, 5.41) is 13.7. The van der Waals surface area contributed by atoms with Crippen LogP contribution in [0.15, 0.2) is 16.3 Å². The van der Waals surface area contributed by atoms with Crippen LogP contribution in [-0.4, -0.2) is 19.5 Å². The minimum absolute atomic E-state index is 0.0562. The molecule has 2 heterocycles. The molecule has 80 valence electrons. The summed E-state index contributed by atoms with van der Waals surface area (Å²) < 4.78 is 23.3. The smallest absolute Gasteiger partial charge is 0.345 e. The van der Waals surface area contributed by atoms with Crippen LogP contribution in [0.4, 0.5) is 0 Å². The number of sulfonamides is 1. The van der Waals surface area contributed by atoms with Gasteiger partial charge in [-0.3, -0.25) is 0 Å². The summed E-state index contributed by atoms with van der Waals surface area (Å²) in [5.74, 6) is -1.01. The Morgan fingerprint density at radius 1 is 1.27 bits per heavy atom. The van der Waals surface area contributed by atoms with E-state index >= 15 is 0 Å². The van der Waals surface area contributed by atoms with Crippen molar-refractivity contribution in [3.8, 4) is 0 Å². The number of nitrogens with two attached hydrogens (primary N) is 1. The van der Waals surface area contributed by atoms with E-state index in [2.05, 4.69) is 0 Å². The molecule has 0 saturated carbocycles. The molecule has 0 fully saturated rings. The Morgan fingerprint density at radius 3 is 2.33 bits per heavy atom. The van der Waals surface area contributed by atoms with Crippen LogP contribution in [0, 0.1) is 0 Å². The van der Waals surface area contributed by atoms with E-state index in [9.17, 15) is 13.2 Å². The third kappa shape index (κ3) is 1.88. The van der Waals surface area contributed by atoms with Gasteiger partial charge in [0.2, 0.25) is 10.0 Å². The molecule has 3 N–H and O–H groups in total. The second-order valence-corrected chi connectivity index (χ2v) is 6.71. The van der Waals surface area contributed by atoms with Crippen LogP contribution >= 0.6 is 22.7 Å². The van der Waals surface area contributed by atoms with Crippen LogP contribution in [0.25, 0.3) is 9.40 Å². The van der Waals surface area contributed by atoms with Crippen LogP contribution in [0.5, 0.6) is 0 Å². The first-order valence-corrected chi connectivity index (χ1v) is 6.85. The van der Waals surface area contributed by atoms with Crippen molar-refractivity contribution < 1.29 is 18.3 Å². The molecule has 5 nitrogen and oxygen atoms in total. The average Bonchev–Trinajstić information content (AvgIpc) is 2.55. The van der Waals surface area contributed by atoms with E-state index in [-0.39, 0.29) is 9.09 Å². The lowest BCUT2D eigenvalue weighted by atomic mass is 10.4. The number of primary sulfonamides is 1. The van der Waals surface area contributed by atoms with Crippen LogP contribution in [0.3, 0.4) is 0 Å². The lowest BCUT2D eigenvalue weighted by Crippen LogP contribution is -2.09. The quantitative estimate of drug-likeness (QED) is 0.853. The summed E-state index contributed by atoms with van der Waals surface area (Å²) in [6.45, 7) is 0. The fourth-order valence-electron chi connectivity index (χ4n) is 1.06. The van der Waals surface area contributed by atoms with Crippen LogP contribution < -0.4 is 5.14 Å². The molecule has 2 aromatic heterocycles. The van der Waals surface area contributed by atoms with Gasteiger partial charge < -0.3 is 5.11 Å². The lowest BCUT2D eigenvalue weighted by molar-refractivity contribution is 0.0702. The zero-order valence-corrected chi connectivity index (χ0v) is 9.58. The normalized spacial score (nSPS) is 12.1. The van der Waals surface area contributed by atoms with E-state index in [1.165, 1.54) is 12.1 Å². The van der Waals surface area contributed by atoms with Crippen molar-refractivity contribution >= 4 is 48.1 Å². The predicted octanol–water partition coefficient (Wildman–Crippen LogP) is 1.31. The Hall–Kier alpha value is -0.960. The average molecular weight is 263 g/mol. The van der Waals surface area contributed by atoms with E-state index < -0.39 is 16.0 Å². The summed E-state index contributed by atoms with van der Waals surface area (Å²) in [4.78, 5) is 10.8. The predicted molar refractivity (Wildman–Crippen MR) is 58.0 cm³/mol. The topological polar surface area (TPSA) is 97.5 Å². The number of carbonyl (C=O) groups is 1. The molecule has 0 aliphatic carbocycles. The molecule has 0 aliphatic rings. The second kappa shape index (κ2) is 3.27. The molecule has 0 bridgehead atoms. The van der Waals surface area contributed by atoms with Gasteiger partial charge in [-0.05, 0) is 12.1 Å². The number of thiophene rings is 2. The highest BCUT2D eigenvalue weighted by Gasteiger charge is 2.16. The molecule has 0 saturated heterocycles. The van der Waals surface area contributed by atoms with Gasteiger partial charge in [-0.25, -0.2) is 18.4 Å². The van der Waals surface area contributed by atoms with E-state index in [4.69, 9.17) is 10.2 Å². The minimum atomic E-state index is -3.69. The highest BCUT2D eigenvalue weighted by molar-refractivity contribution is 7.91. The van der Waals surface area contributed by atoms with E-state index in [0.717, 1.165) is 22.7 Å². The number of aromatic carboxylic acids is 1. The van der Waals surface area contributed by atoms with Gasteiger partial charge in [0.05, 0.1) is 0 Å². The first-order valence-electron chi connectivity index (χ1n) is 3.67. The molecule has 0 unspecified atom stereocenters. The summed E-state index contributed by atoms with van der Waals surface area (Å²) in [6.07, 6.45) is 0. The zero-order chi connectivity index (χ0) is 11.2. The van der Waals surface area contributed by atoms with Gasteiger partial charge >= 0.3 is 5.97 Å². The number of fused-ring (bicyclic) bond motifs is 1. The number of hydrogen-bond acceptors (Lipinski definition) is 5. The summed E-state index contributed by atoms with van der Waals surface area (Å²) in [7, 11) is -3.69. The lowest BCUT2D eigenvalue weighted by Gasteiger charge is -1.88. The number of carboxylic acid groups (broad SMARTS) is 1. The Labute approximate surface area is 92.8 Å². The molecule has 0 atom stereocenters. The third-order valence-corrected chi connectivity index (χ3v) is 5.38. The zero-order valence-electron chi connectivity index (χ0n) is 7.13. The van der Waals surface area contributed by atoms with Crippen molar-refractivity contribution in [2.45, 2.75) is 4.21 Å². The first-order chi connectivity index (χ1) is 6.88. The molecule has 2 aromatic rings. The van der Waals surface area contributed by atoms with Crippen molar-refractivity contribution in [3.63, 3.8) is 0 Å². The highest BCUT2D eigenvalue weighted by atomic mass is 32.2. The maximum Gasteiger partial charge on any atom is 0.345 e. The molecule has 15 heavy (non-hydrogen) atoms. The molecule has 0 amide bonds. The van der Waals surface area contributed by atoms with Crippen LogP contribution in [0.2, 0.25) is 0 Å². The molecule has 2 rings (SSSR count). The van der Waals surface area contributed by atoms with Crippen molar-refractivity contribution in [2.75, 3.05) is 0 Å². The van der Waals surface area contributed by atoms with Gasteiger partial charge in [-0.15, -0.1) is 22.7 Å². The molecule has 8 heteroatoms. The standard InChI is InChI=1S/C7H5NO4S3/c8-15(11,12)6-2-4-3(14-6)1-5(13-4)7(9)10/h1-2H,(H,9,10)(H2,8,11,12). The van der Waals surface area contributed by atoms with Crippen LogP contribution in [0.1, 0.15) is 9.67 Å². The van der Waals surface area contributed by atoms with E-state index in [1.54, 1.807) is 0 Å². The largest absolute Gasteiger partial charge is 0.477 e. The molecule has 0 aromatic carbocycles.